The third-order valence-electron chi connectivity index (χ3n) is 3.38. The van der Waals surface area contributed by atoms with Crippen LogP contribution in [0, 0.1) is 17.1 Å². The van der Waals surface area contributed by atoms with Gasteiger partial charge < -0.3 is 0 Å². The van der Waals surface area contributed by atoms with E-state index in [1.165, 1.54) is 40.7 Å². The number of fused-ring (bicyclic) bond motifs is 1. The summed E-state index contributed by atoms with van der Waals surface area (Å²) in [5, 5.41) is 19.4. The van der Waals surface area contributed by atoms with Crippen LogP contribution in [0.15, 0.2) is 42.3 Å². The maximum absolute atomic E-state index is 13.2. The summed E-state index contributed by atoms with van der Waals surface area (Å²) in [6, 6.07) is 8.19. The number of hydrogen-bond donors (Lipinski definition) is 0. The van der Waals surface area contributed by atoms with Gasteiger partial charge in [0.2, 0.25) is 5.82 Å². The zero-order valence-corrected chi connectivity index (χ0v) is 12.3. The van der Waals surface area contributed by atoms with Crippen LogP contribution in [0.4, 0.5) is 4.39 Å². The van der Waals surface area contributed by atoms with Crippen molar-refractivity contribution in [2.75, 3.05) is 0 Å². The molecule has 6 nitrogen and oxygen atoms in total. The van der Waals surface area contributed by atoms with E-state index < -0.39 is 0 Å². The van der Waals surface area contributed by atoms with E-state index >= 15 is 0 Å². The molecule has 0 bridgehead atoms. The van der Waals surface area contributed by atoms with Gasteiger partial charge in [-0.1, -0.05) is 12.1 Å². The molecule has 4 aromatic rings. The summed E-state index contributed by atoms with van der Waals surface area (Å²) in [6.45, 7) is 0. The zero-order chi connectivity index (χ0) is 15.8. The summed E-state index contributed by atoms with van der Waals surface area (Å²) in [7, 11) is 0. The molecular weight excluding hydrogens is 315 g/mol. The molecule has 0 atom stereocenters. The van der Waals surface area contributed by atoms with Gasteiger partial charge in [-0.25, -0.2) is 14.4 Å². The molecule has 4 rings (SSSR count). The first-order valence-electron chi connectivity index (χ1n) is 6.56. The fraction of sp³-hybridized carbons (Fsp3) is 0. The molecule has 0 unspecified atom stereocenters. The molecule has 0 fully saturated rings. The Morgan fingerprint density at radius 2 is 2.00 bits per heavy atom. The molecule has 0 N–H and O–H groups in total. The fourth-order valence-corrected chi connectivity index (χ4v) is 3.26. The van der Waals surface area contributed by atoms with Gasteiger partial charge in [0.25, 0.3) is 0 Å². The molecular formula is C15H7FN6S. The molecule has 110 valence electrons. The minimum absolute atomic E-state index is 0.140. The number of nitriles is 1. The second-order valence-electron chi connectivity index (χ2n) is 4.67. The lowest BCUT2D eigenvalue weighted by Gasteiger charge is -2.06. The Morgan fingerprint density at radius 1 is 1.17 bits per heavy atom. The third-order valence-corrected chi connectivity index (χ3v) is 4.27. The smallest absolute Gasteiger partial charge is 0.240 e. The number of hydrogen-bond acceptors (Lipinski definition) is 6. The van der Waals surface area contributed by atoms with Crippen molar-refractivity contribution in [3.8, 4) is 23.0 Å². The van der Waals surface area contributed by atoms with Crippen LogP contribution in [0.3, 0.4) is 0 Å². The number of nitrogens with zero attached hydrogens (tertiary/aromatic N) is 6. The first-order chi connectivity index (χ1) is 11.3. The molecule has 0 aliphatic carbocycles. The predicted octanol–water partition coefficient (Wildman–Crippen LogP) is 2.95. The van der Waals surface area contributed by atoms with Crippen LogP contribution in [-0.2, 0) is 0 Å². The summed E-state index contributed by atoms with van der Waals surface area (Å²) in [5.74, 6) is 0.369. The van der Waals surface area contributed by atoms with Gasteiger partial charge in [-0.2, -0.15) is 5.26 Å². The van der Waals surface area contributed by atoms with E-state index in [2.05, 4.69) is 20.2 Å². The van der Waals surface area contributed by atoms with E-state index in [0.717, 1.165) is 21.3 Å². The van der Waals surface area contributed by atoms with Crippen LogP contribution < -0.4 is 0 Å². The predicted molar refractivity (Wildman–Crippen MR) is 82.4 cm³/mol. The number of aromatic nitrogens is 5. The van der Waals surface area contributed by atoms with Gasteiger partial charge in [0.15, 0.2) is 5.82 Å². The Kier molecular flexibility index (Phi) is 3.06. The molecule has 0 spiro atoms. The van der Waals surface area contributed by atoms with Crippen molar-refractivity contribution in [2.45, 2.75) is 0 Å². The maximum atomic E-state index is 13.2. The minimum Gasteiger partial charge on any atom is -0.256 e. The molecule has 0 amide bonds. The summed E-state index contributed by atoms with van der Waals surface area (Å²) < 4.78 is 14.7. The molecule has 0 saturated heterocycles. The van der Waals surface area contributed by atoms with Gasteiger partial charge in [-0.3, -0.25) is 4.57 Å². The van der Waals surface area contributed by atoms with Gasteiger partial charge in [0.05, 0.1) is 5.39 Å². The van der Waals surface area contributed by atoms with Crippen LogP contribution in [-0.4, -0.2) is 24.7 Å². The zero-order valence-electron chi connectivity index (χ0n) is 11.5. The number of benzene rings is 1. The fourth-order valence-electron chi connectivity index (χ4n) is 2.35. The van der Waals surface area contributed by atoms with E-state index in [1.807, 2.05) is 11.4 Å². The second-order valence-corrected chi connectivity index (χ2v) is 5.53. The Hall–Kier alpha value is -3.18. The van der Waals surface area contributed by atoms with Gasteiger partial charge >= 0.3 is 0 Å². The van der Waals surface area contributed by atoms with Crippen molar-refractivity contribution in [1.82, 2.24) is 24.7 Å². The summed E-state index contributed by atoms with van der Waals surface area (Å²) in [4.78, 5) is 9.32. The lowest BCUT2D eigenvalue weighted by atomic mass is 10.1. The molecule has 0 aliphatic heterocycles. The average Bonchev–Trinajstić information content (AvgIpc) is 3.22. The van der Waals surface area contributed by atoms with Crippen LogP contribution >= 0.6 is 11.3 Å². The highest BCUT2D eigenvalue weighted by molar-refractivity contribution is 7.17. The van der Waals surface area contributed by atoms with Crippen molar-refractivity contribution < 1.29 is 4.39 Å². The third kappa shape index (κ3) is 2.15. The molecule has 0 radical (unpaired) electrons. The Balaban J connectivity index is 2.02. The van der Waals surface area contributed by atoms with Crippen LogP contribution in [0.5, 0.6) is 0 Å². The van der Waals surface area contributed by atoms with Crippen molar-refractivity contribution in [1.29, 1.82) is 5.26 Å². The highest BCUT2D eigenvalue weighted by Gasteiger charge is 2.16. The van der Waals surface area contributed by atoms with Gasteiger partial charge in [0, 0.05) is 10.9 Å². The van der Waals surface area contributed by atoms with Gasteiger partial charge in [0.1, 0.15) is 29.4 Å². The summed E-state index contributed by atoms with van der Waals surface area (Å²) >= 11 is 1.46. The van der Waals surface area contributed by atoms with E-state index in [-0.39, 0.29) is 11.6 Å². The molecule has 3 heterocycles. The van der Waals surface area contributed by atoms with Crippen LogP contribution in [0.1, 0.15) is 5.82 Å². The standard InChI is InChI=1S/C15H7FN6S/c16-10-3-1-9(2-4-10)11-6-23-15-13(11)14(18-7-19-15)22-8-20-21-12(22)5-17/h1-4,6-8H. The van der Waals surface area contributed by atoms with Gasteiger partial charge in [-0.15, -0.1) is 21.5 Å². The molecule has 8 heteroatoms. The summed E-state index contributed by atoms with van der Waals surface area (Å²) in [6.07, 6.45) is 2.87. The Bertz CT molecular complexity index is 1040. The maximum Gasteiger partial charge on any atom is 0.240 e. The molecule has 1 aromatic carbocycles. The quantitative estimate of drug-likeness (QED) is 0.567. The second kappa shape index (κ2) is 5.23. The minimum atomic E-state index is -0.296. The van der Waals surface area contributed by atoms with Crippen LogP contribution in [0.25, 0.3) is 27.2 Å². The van der Waals surface area contributed by atoms with E-state index in [4.69, 9.17) is 5.26 Å². The van der Waals surface area contributed by atoms with E-state index in [9.17, 15) is 4.39 Å². The monoisotopic (exact) mass is 322 g/mol. The number of thiophene rings is 1. The highest BCUT2D eigenvalue weighted by Crippen LogP contribution is 2.35. The Labute approximate surface area is 133 Å². The average molecular weight is 322 g/mol. The first-order valence-corrected chi connectivity index (χ1v) is 7.44. The summed E-state index contributed by atoms with van der Waals surface area (Å²) in [5.41, 5.74) is 1.72. The lowest BCUT2D eigenvalue weighted by molar-refractivity contribution is 0.628. The Morgan fingerprint density at radius 3 is 2.78 bits per heavy atom. The van der Waals surface area contributed by atoms with Crippen molar-refractivity contribution in [2.24, 2.45) is 0 Å². The van der Waals surface area contributed by atoms with Gasteiger partial charge in [-0.05, 0) is 17.7 Å². The van der Waals surface area contributed by atoms with Crippen molar-refractivity contribution in [3.63, 3.8) is 0 Å². The molecule has 0 saturated carbocycles. The van der Waals surface area contributed by atoms with Crippen molar-refractivity contribution >= 4 is 21.6 Å². The largest absolute Gasteiger partial charge is 0.256 e. The highest BCUT2D eigenvalue weighted by atomic mass is 32.1. The first kappa shape index (κ1) is 13.5. The number of halogens is 1. The van der Waals surface area contributed by atoms with E-state index in [1.54, 1.807) is 12.1 Å². The van der Waals surface area contributed by atoms with Crippen LogP contribution in [0.2, 0.25) is 0 Å². The van der Waals surface area contributed by atoms with E-state index in [0.29, 0.717) is 5.82 Å². The molecule has 3 aromatic heterocycles. The number of rotatable bonds is 2. The SMILES string of the molecule is N#Cc1nncn1-c1ncnc2scc(-c3ccc(F)cc3)c12. The normalized spacial score (nSPS) is 10.8. The molecule has 23 heavy (non-hydrogen) atoms. The molecule has 0 aliphatic rings. The topological polar surface area (TPSA) is 80.3 Å². The lowest BCUT2D eigenvalue weighted by Crippen LogP contribution is -2.01. The van der Waals surface area contributed by atoms with Crippen molar-refractivity contribution in [3.05, 3.63) is 53.9 Å².